The van der Waals surface area contributed by atoms with E-state index in [2.05, 4.69) is 218 Å². The number of hydrogen-bond donors (Lipinski definition) is 0. The summed E-state index contributed by atoms with van der Waals surface area (Å²) in [6, 6.07) is 87.0. The summed E-state index contributed by atoms with van der Waals surface area (Å²) in [6.07, 6.45) is 0. The molecule has 2 aromatic heterocycles. The zero-order chi connectivity index (χ0) is 44.5. The number of fused-ring (bicyclic) bond motifs is 3. The molecule has 0 amide bonds. The summed E-state index contributed by atoms with van der Waals surface area (Å²) >= 11 is 0. The Morgan fingerprint density at radius 3 is 1.06 bits per heavy atom. The van der Waals surface area contributed by atoms with Crippen molar-refractivity contribution in [2.45, 2.75) is 0 Å². The SMILES string of the molecule is c1ccc(-c2ccc(-c3ccc(-c4nc(-c5ccc(-c6ccccc6)cc5)nc(-c5cccc6oc7c(-c8cccc(-c9ccc(-c%10ccccc%10)cc9)c8)cccc7c56)n4)cc3)cc2)cc1. The molecule has 0 spiro atoms. The van der Waals surface area contributed by atoms with Gasteiger partial charge >= 0.3 is 0 Å². The lowest BCUT2D eigenvalue weighted by molar-refractivity contribution is 0.670. The summed E-state index contributed by atoms with van der Waals surface area (Å²) in [5.41, 5.74) is 18.0. The van der Waals surface area contributed by atoms with E-state index in [1.54, 1.807) is 0 Å². The molecule has 4 heteroatoms. The number of benzene rings is 10. The van der Waals surface area contributed by atoms with Crippen molar-refractivity contribution in [1.29, 1.82) is 0 Å². The molecule has 12 aromatic rings. The van der Waals surface area contributed by atoms with Crippen LogP contribution < -0.4 is 0 Å². The topological polar surface area (TPSA) is 51.8 Å². The summed E-state index contributed by atoms with van der Waals surface area (Å²) in [4.78, 5) is 15.6. The van der Waals surface area contributed by atoms with E-state index in [4.69, 9.17) is 19.4 Å². The second-order valence-corrected chi connectivity index (χ2v) is 16.8. The van der Waals surface area contributed by atoms with Crippen LogP contribution in [0.5, 0.6) is 0 Å². The molecule has 0 saturated carbocycles. The molecule has 0 atom stereocenters. The van der Waals surface area contributed by atoms with Crippen molar-refractivity contribution in [1.82, 2.24) is 15.0 Å². The molecular formula is C63H41N3O. The molecule has 0 unspecified atom stereocenters. The largest absolute Gasteiger partial charge is 0.455 e. The molecule has 0 aliphatic heterocycles. The molecule has 2 heterocycles. The van der Waals surface area contributed by atoms with E-state index < -0.39 is 0 Å². The van der Waals surface area contributed by atoms with Gasteiger partial charge in [-0.05, 0) is 73.3 Å². The smallest absolute Gasteiger partial charge is 0.164 e. The fraction of sp³-hybridized carbons (Fsp3) is 0. The first-order chi connectivity index (χ1) is 33.2. The van der Waals surface area contributed by atoms with E-state index >= 15 is 0 Å². The maximum Gasteiger partial charge on any atom is 0.164 e. The van der Waals surface area contributed by atoms with Crippen molar-refractivity contribution in [3.05, 3.63) is 249 Å². The average molecular weight is 856 g/mol. The predicted molar refractivity (Wildman–Crippen MR) is 276 cm³/mol. The fourth-order valence-corrected chi connectivity index (χ4v) is 9.11. The molecule has 10 aromatic carbocycles. The molecule has 0 saturated heterocycles. The summed E-state index contributed by atoms with van der Waals surface area (Å²) < 4.78 is 6.81. The zero-order valence-corrected chi connectivity index (χ0v) is 36.4. The molecule has 4 nitrogen and oxygen atoms in total. The number of aromatic nitrogens is 3. The third kappa shape index (κ3) is 7.77. The van der Waals surface area contributed by atoms with Crippen LogP contribution in [0.3, 0.4) is 0 Å². The highest BCUT2D eigenvalue weighted by Gasteiger charge is 2.20. The lowest BCUT2D eigenvalue weighted by atomic mass is 9.96. The molecule has 314 valence electrons. The van der Waals surface area contributed by atoms with Gasteiger partial charge in [-0.2, -0.15) is 0 Å². The van der Waals surface area contributed by atoms with Crippen LogP contribution in [-0.2, 0) is 0 Å². The van der Waals surface area contributed by atoms with Gasteiger partial charge in [0.25, 0.3) is 0 Å². The monoisotopic (exact) mass is 855 g/mol. The van der Waals surface area contributed by atoms with E-state index in [1.807, 2.05) is 30.3 Å². The summed E-state index contributed by atoms with van der Waals surface area (Å²) in [5, 5.41) is 1.96. The highest BCUT2D eigenvalue weighted by Crippen LogP contribution is 2.41. The van der Waals surface area contributed by atoms with Crippen LogP contribution in [0, 0.1) is 0 Å². The number of nitrogens with zero attached hydrogens (tertiary/aromatic N) is 3. The lowest BCUT2D eigenvalue weighted by Gasteiger charge is -2.11. The number of para-hydroxylation sites is 1. The molecule has 0 radical (unpaired) electrons. The number of hydrogen-bond acceptors (Lipinski definition) is 4. The first kappa shape index (κ1) is 39.6. The highest BCUT2D eigenvalue weighted by atomic mass is 16.3. The van der Waals surface area contributed by atoms with Crippen molar-refractivity contribution < 1.29 is 4.42 Å². The molecule has 0 N–H and O–H groups in total. The Kier molecular flexibility index (Phi) is 10.2. The molecule has 0 fully saturated rings. The molecule has 12 rings (SSSR count). The normalized spacial score (nSPS) is 11.3. The van der Waals surface area contributed by atoms with Crippen LogP contribution in [0.4, 0.5) is 0 Å². The minimum absolute atomic E-state index is 0.576. The van der Waals surface area contributed by atoms with Gasteiger partial charge in [-0.3, -0.25) is 0 Å². The van der Waals surface area contributed by atoms with E-state index in [-0.39, 0.29) is 0 Å². The fourth-order valence-electron chi connectivity index (χ4n) is 9.11. The number of rotatable bonds is 9. The van der Waals surface area contributed by atoms with Crippen molar-refractivity contribution >= 4 is 21.9 Å². The summed E-state index contributed by atoms with van der Waals surface area (Å²) in [5.74, 6) is 1.77. The maximum atomic E-state index is 6.81. The van der Waals surface area contributed by atoms with Gasteiger partial charge in [0.05, 0.1) is 0 Å². The Bertz CT molecular complexity index is 3680. The standard InChI is InChI=1S/C63H41N3O/c1-4-13-42(14-5-1)45-25-27-48(28-26-45)49-35-39-52(40-36-49)62-64-61(51-37-33-47(34-38-51)44-17-8-3-9-18-44)65-63(66-62)57-23-12-24-58-59(57)56-22-11-21-55(60(56)67-58)54-20-10-19-53(41-54)50-31-29-46(30-32-50)43-15-6-2-7-16-43/h1-41H. The van der Waals surface area contributed by atoms with Crippen LogP contribution in [0.2, 0.25) is 0 Å². The van der Waals surface area contributed by atoms with Gasteiger partial charge in [0, 0.05) is 33.0 Å². The first-order valence-corrected chi connectivity index (χ1v) is 22.6. The van der Waals surface area contributed by atoms with Crippen LogP contribution in [0.25, 0.3) is 123 Å². The summed E-state index contributed by atoms with van der Waals surface area (Å²) in [6.45, 7) is 0. The van der Waals surface area contributed by atoms with Gasteiger partial charge in [0.1, 0.15) is 11.2 Å². The maximum absolute atomic E-state index is 6.81. The predicted octanol–water partition coefficient (Wildman–Crippen LogP) is 16.8. The average Bonchev–Trinajstić information content (AvgIpc) is 3.81. The Balaban J connectivity index is 0.935. The van der Waals surface area contributed by atoms with Crippen LogP contribution in [-0.4, -0.2) is 15.0 Å². The third-order valence-corrected chi connectivity index (χ3v) is 12.6. The van der Waals surface area contributed by atoms with Crippen molar-refractivity contribution in [2.24, 2.45) is 0 Å². The minimum Gasteiger partial charge on any atom is -0.455 e. The lowest BCUT2D eigenvalue weighted by Crippen LogP contribution is -2.00. The zero-order valence-electron chi connectivity index (χ0n) is 36.4. The van der Waals surface area contributed by atoms with E-state index in [1.165, 1.54) is 22.3 Å². The van der Waals surface area contributed by atoms with E-state index in [0.717, 1.165) is 83.1 Å². The van der Waals surface area contributed by atoms with Gasteiger partial charge in [0.2, 0.25) is 0 Å². The van der Waals surface area contributed by atoms with Crippen LogP contribution in [0.1, 0.15) is 0 Å². The Labute approximate surface area is 389 Å². The highest BCUT2D eigenvalue weighted by molar-refractivity contribution is 6.15. The third-order valence-electron chi connectivity index (χ3n) is 12.6. The molecular weight excluding hydrogens is 815 g/mol. The quantitative estimate of drug-likeness (QED) is 0.145. The van der Waals surface area contributed by atoms with Crippen LogP contribution >= 0.6 is 0 Å². The number of furan rings is 1. The van der Waals surface area contributed by atoms with Crippen molar-refractivity contribution in [3.8, 4) is 101 Å². The van der Waals surface area contributed by atoms with E-state index in [0.29, 0.717) is 17.5 Å². The minimum atomic E-state index is 0.576. The van der Waals surface area contributed by atoms with Gasteiger partial charge in [-0.1, -0.05) is 237 Å². The molecule has 67 heavy (non-hydrogen) atoms. The van der Waals surface area contributed by atoms with Gasteiger partial charge in [0.15, 0.2) is 17.5 Å². The Morgan fingerprint density at radius 2 is 0.582 bits per heavy atom. The van der Waals surface area contributed by atoms with Gasteiger partial charge < -0.3 is 4.42 Å². The van der Waals surface area contributed by atoms with Crippen molar-refractivity contribution in [3.63, 3.8) is 0 Å². The van der Waals surface area contributed by atoms with Gasteiger partial charge in [-0.25, -0.2) is 15.0 Å². The van der Waals surface area contributed by atoms with Crippen LogP contribution in [0.15, 0.2) is 253 Å². The second kappa shape index (κ2) is 17.2. The molecule has 0 aliphatic carbocycles. The first-order valence-electron chi connectivity index (χ1n) is 22.6. The Hall–Kier alpha value is -8.99. The summed E-state index contributed by atoms with van der Waals surface area (Å²) in [7, 11) is 0. The van der Waals surface area contributed by atoms with E-state index in [9.17, 15) is 0 Å². The Morgan fingerprint density at radius 1 is 0.239 bits per heavy atom. The van der Waals surface area contributed by atoms with Crippen molar-refractivity contribution in [2.75, 3.05) is 0 Å². The molecule has 0 aliphatic rings. The second-order valence-electron chi connectivity index (χ2n) is 16.8. The van der Waals surface area contributed by atoms with Gasteiger partial charge in [-0.15, -0.1) is 0 Å². The molecule has 0 bridgehead atoms.